The van der Waals surface area contributed by atoms with Crippen LogP contribution in [-0.2, 0) is 9.53 Å². The Kier molecular flexibility index (Phi) is 6.78. The maximum Gasteiger partial charge on any atom is 0.415 e. The number of carbonyl (C=O) groups is 2. The predicted octanol–water partition coefficient (Wildman–Crippen LogP) is 4.55. The number of nitrogens with zero attached hydrogens (tertiary/aromatic N) is 1. The number of halogens is 1. The number of carbonyl (C=O) groups excluding carboxylic acids is 2. The molecule has 0 aliphatic carbocycles. The second-order valence-electron chi connectivity index (χ2n) is 7.87. The van der Waals surface area contributed by atoms with E-state index >= 15 is 4.39 Å². The van der Waals surface area contributed by atoms with Crippen LogP contribution in [0, 0.1) is 18.2 Å². The van der Waals surface area contributed by atoms with E-state index in [2.05, 4.69) is 16.6 Å². The summed E-state index contributed by atoms with van der Waals surface area (Å²) in [5.74, 6) is 1.60. The molecule has 7 nitrogen and oxygen atoms in total. The third-order valence-electron chi connectivity index (χ3n) is 5.50. The fraction of sp³-hybridized carbons (Fsp3) is 0.148. The average molecular weight is 471 g/mol. The van der Waals surface area contributed by atoms with E-state index in [0.717, 1.165) is 0 Å². The first-order valence-electron chi connectivity index (χ1n) is 10.8. The molecule has 0 aromatic heterocycles. The van der Waals surface area contributed by atoms with Gasteiger partial charge in [-0.15, -0.1) is 6.42 Å². The van der Waals surface area contributed by atoms with E-state index in [-0.39, 0.29) is 30.0 Å². The first-order valence-corrected chi connectivity index (χ1v) is 10.8. The lowest BCUT2D eigenvalue weighted by Crippen LogP contribution is -2.23. The number of hydrogen-bond acceptors (Lipinski definition) is 5. The summed E-state index contributed by atoms with van der Waals surface area (Å²) in [6, 6.07) is 17.5. The van der Waals surface area contributed by atoms with E-state index < -0.39 is 18.0 Å². The highest BCUT2D eigenvalue weighted by molar-refractivity contribution is 5.92. The van der Waals surface area contributed by atoms with Crippen LogP contribution in [0.4, 0.5) is 26.2 Å². The van der Waals surface area contributed by atoms with Crippen LogP contribution < -0.4 is 21.0 Å². The summed E-state index contributed by atoms with van der Waals surface area (Å²) in [6.45, 7) is 1.74. The van der Waals surface area contributed by atoms with Crippen molar-refractivity contribution in [3.8, 4) is 23.5 Å². The Bertz CT molecular complexity index is 1400. The van der Waals surface area contributed by atoms with E-state index in [1.165, 1.54) is 30.0 Å². The minimum absolute atomic E-state index is 0.151. The lowest BCUT2D eigenvalue weighted by molar-refractivity contribution is -0.114. The molecule has 0 radical (unpaired) electrons. The van der Waals surface area contributed by atoms with Gasteiger partial charge in [-0.2, -0.15) is 0 Å². The molecule has 0 saturated carbocycles. The molecule has 2 N–H and O–H groups in total. The number of terminal acetylenes is 1. The molecular weight excluding hydrogens is 449 g/mol. The van der Waals surface area contributed by atoms with Crippen LogP contribution in [0.15, 0.2) is 71.5 Å². The van der Waals surface area contributed by atoms with E-state index in [1.807, 2.05) is 0 Å². The Morgan fingerprint density at radius 1 is 1.11 bits per heavy atom. The third kappa shape index (κ3) is 5.14. The molecule has 1 fully saturated rings. The highest BCUT2D eigenvalue weighted by Crippen LogP contribution is 2.35. The number of ether oxygens (including phenoxy) is 1. The van der Waals surface area contributed by atoms with Gasteiger partial charge in [0.1, 0.15) is 11.9 Å². The van der Waals surface area contributed by atoms with E-state index in [4.69, 9.17) is 11.2 Å². The zero-order valence-corrected chi connectivity index (χ0v) is 18.9. The van der Waals surface area contributed by atoms with Crippen LogP contribution in [0.2, 0.25) is 0 Å². The Labute approximate surface area is 201 Å². The van der Waals surface area contributed by atoms with Gasteiger partial charge in [-0.3, -0.25) is 14.5 Å². The van der Waals surface area contributed by atoms with Crippen LogP contribution in [-0.4, -0.2) is 25.1 Å². The average Bonchev–Trinajstić information content (AvgIpc) is 3.12. The van der Waals surface area contributed by atoms with Gasteiger partial charge in [0, 0.05) is 23.7 Å². The molecule has 3 aromatic carbocycles. The number of amides is 2. The summed E-state index contributed by atoms with van der Waals surface area (Å²) >= 11 is 0. The minimum atomic E-state index is -0.633. The monoisotopic (exact) mass is 471 g/mol. The summed E-state index contributed by atoms with van der Waals surface area (Å²) in [4.78, 5) is 37.6. The maximum absolute atomic E-state index is 15.1. The molecule has 1 saturated heterocycles. The van der Waals surface area contributed by atoms with Gasteiger partial charge in [0.15, 0.2) is 0 Å². The highest BCUT2D eigenvalue weighted by atomic mass is 19.1. The van der Waals surface area contributed by atoms with Crippen LogP contribution in [0.5, 0.6) is 0 Å². The Balaban J connectivity index is 1.59. The number of benzene rings is 2. The zero-order valence-electron chi connectivity index (χ0n) is 18.9. The van der Waals surface area contributed by atoms with Gasteiger partial charge in [0.2, 0.25) is 11.3 Å². The predicted molar refractivity (Wildman–Crippen MR) is 133 cm³/mol. The largest absolute Gasteiger partial charge is 0.439 e. The second kappa shape index (κ2) is 10.1. The van der Waals surface area contributed by atoms with E-state index in [1.54, 1.807) is 48.5 Å². The van der Waals surface area contributed by atoms with Gasteiger partial charge in [0.05, 0.1) is 24.5 Å². The van der Waals surface area contributed by atoms with Crippen molar-refractivity contribution in [2.45, 2.75) is 13.0 Å². The van der Waals surface area contributed by atoms with Gasteiger partial charge < -0.3 is 15.4 Å². The van der Waals surface area contributed by atoms with Crippen molar-refractivity contribution in [3.63, 3.8) is 0 Å². The number of para-hydroxylation sites is 1. The van der Waals surface area contributed by atoms with Crippen molar-refractivity contribution >= 4 is 29.1 Å². The molecule has 176 valence electrons. The molecule has 2 amide bonds. The lowest BCUT2D eigenvalue weighted by Gasteiger charge is -2.16. The van der Waals surface area contributed by atoms with Crippen molar-refractivity contribution in [1.82, 2.24) is 0 Å². The maximum atomic E-state index is 15.1. The lowest BCUT2D eigenvalue weighted by atomic mass is 10.1. The molecule has 0 spiro atoms. The normalized spacial score (nSPS) is 14.7. The molecule has 8 heteroatoms. The summed E-state index contributed by atoms with van der Waals surface area (Å²) < 4.78 is 20.6. The van der Waals surface area contributed by atoms with Crippen LogP contribution in [0.1, 0.15) is 18.6 Å². The Morgan fingerprint density at radius 2 is 1.89 bits per heavy atom. The summed E-state index contributed by atoms with van der Waals surface area (Å²) in [5, 5.41) is 5.57. The number of anilines is 3. The smallest absolute Gasteiger partial charge is 0.415 e. The molecule has 1 heterocycles. The molecule has 0 bridgehead atoms. The number of hydrogen-bond donors (Lipinski definition) is 2. The van der Waals surface area contributed by atoms with Gasteiger partial charge >= 0.3 is 6.09 Å². The molecule has 1 aliphatic rings. The standard InChI is InChI=1S/C27H22FN3O4/c1-3-14-29-24-12-8-18(9-13-25(24)33)20-11-10-19(15-22(20)28)31-16-26(35-27(31)34)21-6-4-5-7-23(21)30-17(2)32/h1,4-13,15,26H,14,16H2,2H3,(H,29,33)(H,30,32)/t26-/m1/s1. The number of cyclic esters (lactones) is 1. The minimum Gasteiger partial charge on any atom is -0.439 e. The van der Waals surface area contributed by atoms with Crippen molar-refractivity contribution in [2.75, 3.05) is 28.6 Å². The fourth-order valence-electron chi connectivity index (χ4n) is 3.86. The fourth-order valence-corrected chi connectivity index (χ4v) is 3.86. The van der Waals surface area contributed by atoms with Gasteiger partial charge in [-0.1, -0.05) is 36.3 Å². The summed E-state index contributed by atoms with van der Waals surface area (Å²) in [7, 11) is 0. The Hall–Kier alpha value is -4.64. The molecule has 1 aliphatic heterocycles. The van der Waals surface area contributed by atoms with E-state index in [0.29, 0.717) is 28.2 Å². The van der Waals surface area contributed by atoms with Gasteiger partial charge in [0.25, 0.3) is 0 Å². The van der Waals surface area contributed by atoms with E-state index in [9.17, 15) is 14.4 Å². The number of nitrogens with one attached hydrogen (secondary N) is 2. The van der Waals surface area contributed by atoms with Gasteiger partial charge in [-0.25, -0.2) is 9.18 Å². The van der Waals surface area contributed by atoms with Crippen molar-refractivity contribution in [2.24, 2.45) is 0 Å². The summed E-state index contributed by atoms with van der Waals surface area (Å²) in [6.07, 6.45) is 3.97. The summed E-state index contributed by atoms with van der Waals surface area (Å²) in [5.41, 5.74) is 2.34. The highest BCUT2D eigenvalue weighted by Gasteiger charge is 2.35. The molecule has 35 heavy (non-hydrogen) atoms. The third-order valence-corrected chi connectivity index (χ3v) is 5.50. The van der Waals surface area contributed by atoms with Crippen LogP contribution in [0.3, 0.4) is 0 Å². The van der Waals surface area contributed by atoms with Crippen LogP contribution >= 0.6 is 0 Å². The molecule has 4 rings (SSSR count). The first-order chi connectivity index (χ1) is 16.9. The molecule has 1 atom stereocenters. The molecule has 3 aromatic rings. The second-order valence-corrected chi connectivity index (χ2v) is 7.87. The van der Waals surface area contributed by atoms with Crippen LogP contribution in [0.25, 0.3) is 11.1 Å². The van der Waals surface area contributed by atoms with Crippen molar-refractivity contribution < 1.29 is 18.7 Å². The van der Waals surface area contributed by atoms with Crippen molar-refractivity contribution in [3.05, 3.63) is 88.3 Å². The topological polar surface area (TPSA) is 87.7 Å². The SMILES string of the molecule is C#CCNc1ccc(-c2ccc(N3C[C@H](c4ccccc4NC(C)=O)OC3=O)cc2F)ccc1=O. The molecule has 0 unspecified atom stereocenters. The Morgan fingerprint density at radius 3 is 2.63 bits per heavy atom. The quantitative estimate of drug-likeness (QED) is 0.515. The van der Waals surface area contributed by atoms with Gasteiger partial charge in [-0.05, 0) is 42.0 Å². The zero-order chi connectivity index (χ0) is 24.9. The molecular formula is C27H22FN3O4. The number of rotatable bonds is 6. The first kappa shape index (κ1) is 23.5. The van der Waals surface area contributed by atoms with Crippen molar-refractivity contribution in [1.29, 1.82) is 0 Å².